The molecule has 9 rings (SSSR count). The molecule has 0 radical (unpaired) electrons. The van der Waals surface area contributed by atoms with E-state index in [1.54, 1.807) is 29.0 Å². The molecule has 5 aliphatic rings. The van der Waals surface area contributed by atoms with Crippen LogP contribution in [0.3, 0.4) is 0 Å². The second-order valence-electron chi connectivity index (χ2n) is 17.8. The van der Waals surface area contributed by atoms with Gasteiger partial charge in [-0.05, 0) is 99.7 Å². The molecule has 0 bridgehead atoms. The quantitative estimate of drug-likeness (QED) is 0.183. The van der Waals surface area contributed by atoms with Crippen molar-refractivity contribution in [2.24, 2.45) is 11.3 Å². The maximum absolute atomic E-state index is 13.4. The first kappa shape index (κ1) is 42.2. The number of benzene rings is 2. The van der Waals surface area contributed by atoms with Crippen LogP contribution in [0.2, 0.25) is 5.02 Å². The average molecular weight is 879 g/mol. The van der Waals surface area contributed by atoms with Crippen LogP contribution in [0.5, 0.6) is 5.75 Å². The average Bonchev–Trinajstić information content (AvgIpc) is 3.51. The van der Waals surface area contributed by atoms with Gasteiger partial charge < -0.3 is 34.6 Å². The summed E-state index contributed by atoms with van der Waals surface area (Å²) >= 11 is 6.62. The molecule has 4 saturated heterocycles. The number of carbonyl (C=O) groups excluding carboxylic acids is 5. The third kappa shape index (κ3) is 8.19. The van der Waals surface area contributed by atoms with E-state index in [1.165, 1.54) is 7.05 Å². The molecule has 2 aromatic heterocycles. The van der Waals surface area contributed by atoms with Gasteiger partial charge >= 0.3 is 0 Å². The van der Waals surface area contributed by atoms with E-state index >= 15 is 0 Å². The summed E-state index contributed by atoms with van der Waals surface area (Å²) in [5.74, 6) is -0.551. The first-order valence-electron chi connectivity index (χ1n) is 21.7. The summed E-state index contributed by atoms with van der Waals surface area (Å²) in [7, 11) is 1.51. The number of pyridine rings is 1. The summed E-state index contributed by atoms with van der Waals surface area (Å²) in [6.07, 6.45) is 5.99. The molecule has 1 unspecified atom stereocenters. The Bertz CT molecular complexity index is 2570. The number of hydrogen-bond donors (Lipinski definition) is 3. The molecule has 1 spiro atoms. The van der Waals surface area contributed by atoms with Gasteiger partial charge in [-0.15, -0.1) is 0 Å². The van der Waals surface area contributed by atoms with E-state index in [2.05, 4.69) is 35.6 Å². The molecule has 3 N–H and O–H groups in total. The van der Waals surface area contributed by atoms with Crippen LogP contribution in [0.25, 0.3) is 10.9 Å². The maximum Gasteiger partial charge on any atom is 0.293 e. The van der Waals surface area contributed by atoms with E-state index in [9.17, 15) is 28.8 Å². The van der Waals surface area contributed by atoms with Crippen LogP contribution in [-0.2, 0) is 14.4 Å². The highest BCUT2D eigenvalue weighted by Gasteiger charge is 2.47. The second kappa shape index (κ2) is 16.9. The van der Waals surface area contributed by atoms with E-state index < -0.39 is 29.7 Å². The molecule has 4 fully saturated rings. The number of likely N-dealkylation sites (tertiary alicyclic amines) is 1. The van der Waals surface area contributed by atoms with Crippen molar-refractivity contribution in [3.05, 3.63) is 75.2 Å². The Kier molecular flexibility index (Phi) is 11.3. The fourth-order valence-corrected chi connectivity index (χ4v) is 10.0. The Hall–Kier alpha value is -6.07. The monoisotopic (exact) mass is 878 g/mol. The lowest BCUT2D eigenvalue weighted by Crippen LogP contribution is -2.61. The van der Waals surface area contributed by atoms with E-state index in [-0.39, 0.29) is 48.1 Å². The van der Waals surface area contributed by atoms with Crippen LogP contribution >= 0.6 is 11.6 Å². The summed E-state index contributed by atoms with van der Waals surface area (Å²) in [5.41, 5.74) is 2.94. The second-order valence-corrected chi connectivity index (χ2v) is 18.2. The smallest absolute Gasteiger partial charge is 0.293 e. The first-order chi connectivity index (χ1) is 30.3. The number of carbonyl (C=O) groups is 5. The molecule has 17 nitrogen and oxygen atoms in total. The van der Waals surface area contributed by atoms with Crippen molar-refractivity contribution in [2.75, 3.05) is 74.6 Å². The highest BCUT2D eigenvalue weighted by molar-refractivity contribution is 6.33. The fourth-order valence-electron chi connectivity index (χ4n) is 9.89. The van der Waals surface area contributed by atoms with Gasteiger partial charge in [0.2, 0.25) is 17.8 Å². The molecule has 18 heteroatoms. The number of nitrogens with zero attached hydrogens (tertiary/aromatic N) is 7. The van der Waals surface area contributed by atoms with Crippen molar-refractivity contribution in [3.63, 3.8) is 0 Å². The summed E-state index contributed by atoms with van der Waals surface area (Å²) in [4.78, 5) is 93.3. The maximum atomic E-state index is 13.4. The van der Waals surface area contributed by atoms with Crippen molar-refractivity contribution >= 4 is 75.2 Å². The van der Waals surface area contributed by atoms with E-state index in [4.69, 9.17) is 21.3 Å². The Balaban J connectivity index is 0.766. The highest BCUT2D eigenvalue weighted by Crippen LogP contribution is 2.42. The lowest BCUT2D eigenvalue weighted by Gasteiger charge is -2.55. The molecular formula is C45H51ClN10O7. The standard InChI is InChI=1S/C45H51ClN10O7/c1-26(2)55-34-7-4-29(18-28(34)19-36(43(55)62)63-23-38(58)47-3)49-39-33(46)21-48-44(51-39)54-16-12-45(13-17-54)24-52(25-45)22-27-10-14-53(15-11-27)30-5-6-31-32(20-30)42(61)56(41(31)60)35-8-9-37(57)50-40(35)59/h4-7,18-21,26-27,35H,8-17,22-25H2,1-3H3,(H,47,58)(H,48,49,51)(H,50,57,59). The zero-order valence-electron chi connectivity index (χ0n) is 35.6. The van der Waals surface area contributed by atoms with Crippen molar-refractivity contribution < 1.29 is 28.7 Å². The van der Waals surface area contributed by atoms with Crippen molar-refractivity contribution in [2.45, 2.75) is 64.5 Å². The van der Waals surface area contributed by atoms with Gasteiger partial charge in [-0.25, -0.2) is 4.98 Å². The summed E-state index contributed by atoms with van der Waals surface area (Å²) in [6, 6.07) is 11.5. The molecule has 7 heterocycles. The van der Waals surface area contributed by atoms with Crippen LogP contribution in [0.1, 0.15) is 79.1 Å². The van der Waals surface area contributed by atoms with Gasteiger partial charge in [0.05, 0.1) is 22.8 Å². The number of piperidine rings is 3. The number of fused-ring (bicyclic) bond motifs is 2. The first-order valence-corrected chi connectivity index (χ1v) is 22.1. The topological polar surface area (TPSA) is 191 Å². The number of anilines is 4. The molecule has 63 heavy (non-hydrogen) atoms. The Labute approximate surface area is 369 Å². The molecule has 5 aliphatic heterocycles. The SMILES string of the molecule is CNC(=O)COc1cc2cc(Nc3nc(N4CCC5(CC4)CN(CC4CCN(c6ccc7c(c6)C(=O)N(C6CCC(=O)NC6=O)C7=O)CC4)C5)ncc3Cl)ccc2n(C(C)C)c1=O. The van der Waals surface area contributed by atoms with Gasteiger partial charge in [0, 0.05) is 82.1 Å². The third-order valence-corrected chi connectivity index (χ3v) is 13.6. The molecule has 0 saturated carbocycles. The minimum absolute atomic E-state index is 0.0895. The van der Waals surface area contributed by atoms with Crippen LogP contribution < -0.4 is 36.0 Å². The zero-order valence-corrected chi connectivity index (χ0v) is 36.4. The summed E-state index contributed by atoms with van der Waals surface area (Å²) in [6.45, 7) is 10.2. The summed E-state index contributed by atoms with van der Waals surface area (Å²) < 4.78 is 7.27. The number of rotatable bonds is 11. The molecule has 2 aromatic carbocycles. The van der Waals surface area contributed by atoms with E-state index in [0.29, 0.717) is 33.8 Å². The predicted octanol–water partition coefficient (Wildman–Crippen LogP) is 4.11. The largest absolute Gasteiger partial charge is 0.478 e. The van der Waals surface area contributed by atoms with Crippen LogP contribution in [0, 0.1) is 11.3 Å². The fraction of sp³-hybridized carbons (Fsp3) is 0.467. The van der Waals surface area contributed by atoms with E-state index in [0.717, 1.165) is 98.7 Å². The summed E-state index contributed by atoms with van der Waals surface area (Å²) in [5, 5.41) is 9.24. The zero-order chi connectivity index (χ0) is 44.2. The third-order valence-electron chi connectivity index (χ3n) is 13.3. The molecule has 4 aromatic rings. The Morgan fingerprint density at radius 3 is 2.40 bits per heavy atom. The number of amides is 5. The van der Waals surface area contributed by atoms with Crippen LogP contribution in [-0.4, -0.2) is 119 Å². The number of likely N-dealkylation sites (N-methyl/N-ethyl adjacent to an activating group) is 1. The Morgan fingerprint density at radius 2 is 1.68 bits per heavy atom. The van der Waals surface area contributed by atoms with Gasteiger partial charge in [0.15, 0.2) is 18.2 Å². The van der Waals surface area contributed by atoms with Gasteiger partial charge in [-0.3, -0.25) is 39.0 Å². The van der Waals surface area contributed by atoms with E-state index in [1.807, 2.05) is 38.1 Å². The normalized spacial score (nSPS) is 20.3. The van der Waals surface area contributed by atoms with Gasteiger partial charge in [0.1, 0.15) is 11.1 Å². The number of hydrogen-bond acceptors (Lipinski definition) is 13. The number of nitrogens with one attached hydrogen (secondary N) is 3. The number of halogens is 1. The molecule has 5 amide bonds. The van der Waals surface area contributed by atoms with Gasteiger partial charge in [-0.1, -0.05) is 11.6 Å². The lowest BCUT2D eigenvalue weighted by atomic mass is 9.71. The Morgan fingerprint density at radius 1 is 0.937 bits per heavy atom. The molecular weight excluding hydrogens is 828 g/mol. The molecule has 0 aliphatic carbocycles. The predicted molar refractivity (Wildman–Crippen MR) is 237 cm³/mol. The lowest BCUT2D eigenvalue weighted by molar-refractivity contribution is -0.136. The van der Waals surface area contributed by atoms with Crippen LogP contribution in [0.15, 0.2) is 53.5 Å². The van der Waals surface area contributed by atoms with Crippen molar-refractivity contribution in [1.29, 1.82) is 0 Å². The van der Waals surface area contributed by atoms with Crippen molar-refractivity contribution in [3.8, 4) is 5.75 Å². The highest BCUT2D eigenvalue weighted by atomic mass is 35.5. The van der Waals surface area contributed by atoms with Gasteiger partial charge in [-0.2, -0.15) is 4.98 Å². The molecule has 1 atom stereocenters. The van der Waals surface area contributed by atoms with Crippen LogP contribution in [0.4, 0.5) is 23.1 Å². The minimum atomic E-state index is -0.976. The minimum Gasteiger partial charge on any atom is -0.478 e. The van der Waals surface area contributed by atoms with Gasteiger partial charge in [0.25, 0.3) is 23.3 Å². The number of ether oxygens (including phenoxy) is 1. The molecule has 330 valence electrons. The number of imide groups is 2. The van der Waals surface area contributed by atoms with Crippen molar-refractivity contribution in [1.82, 2.24) is 35.0 Å². The number of aromatic nitrogens is 3.